The van der Waals surface area contributed by atoms with Gasteiger partial charge in [-0.2, -0.15) is 5.26 Å². The van der Waals surface area contributed by atoms with E-state index >= 15 is 0 Å². The molecule has 0 aromatic carbocycles. The number of carbonyl (C=O) groups is 1. The van der Waals surface area contributed by atoms with E-state index in [-0.39, 0.29) is 12.6 Å². The average Bonchev–Trinajstić information content (AvgIpc) is 1.64. The summed E-state index contributed by atoms with van der Waals surface area (Å²) >= 11 is 0. The minimum atomic E-state index is -0.628. The fraction of sp³-hybridized carbons (Fsp3) is 0.667. The summed E-state index contributed by atoms with van der Waals surface area (Å²) in [7, 11) is 0. The summed E-state index contributed by atoms with van der Waals surface area (Å²) in [5.41, 5.74) is -0.628. The summed E-state index contributed by atoms with van der Waals surface area (Å²) in [5.74, 6) is 0. The zero-order chi connectivity index (χ0) is 7.33. The Bertz CT molecular complexity index is 137. The molecule has 0 saturated carbocycles. The fourth-order valence-corrected chi connectivity index (χ4v) is 0.362. The summed E-state index contributed by atoms with van der Waals surface area (Å²) in [4.78, 5) is 9.76. The highest BCUT2D eigenvalue weighted by molar-refractivity contribution is 5.38. The SMILES string of the molecule is CC(C)(CC#N)OC=O.N. The van der Waals surface area contributed by atoms with E-state index in [0.717, 1.165) is 0 Å². The Kier molecular flexibility index (Phi) is 5.57. The van der Waals surface area contributed by atoms with Crippen molar-refractivity contribution in [3.8, 4) is 6.07 Å². The van der Waals surface area contributed by atoms with Gasteiger partial charge >= 0.3 is 0 Å². The number of rotatable bonds is 3. The first-order chi connectivity index (χ1) is 4.12. The van der Waals surface area contributed by atoms with Crippen molar-refractivity contribution in [3.63, 3.8) is 0 Å². The van der Waals surface area contributed by atoms with E-state index in [9.17, 15) is 4.79 Å². The van der Waals surface area contributed by atoms with Crippen LogP contribution in [0.5, 0.6) is 0 Å². The third kappa shape index (κ3) is 5.06. The van der Waals surface area contributed by atoms with E-state index in [1.807, 2.05) is 6.07 Å². The van der Waals surface area contributed by atoms with Crippen molar-refractivity contribution < 1.29 is 9.53 Å². The second-order valence-electron chi connectivity index (χ2n) is 2.31. The van der Waals surface area contributed by atoms with Gasteiger partial charge in [0, 0.05) is 0 Å². The molecule has 0 radical (unpaired) electrons. The lowest BCUT2D eigenvalue weighted by atomic mass is 10.1. The van der Waals surface area contributed by atoms with Crippen molar-refractivity contribution in [2.45, 2.75) is 25.9 Å². The van der Waals surface area contributed by atoms with Gasteiger partial charge < -0.3 is 10.9 Å². The van der Waals surface area contributed by atoms with Gasteiger partial charge in [0.1, 0.15) is 5.60 Å². The molecular weight excluding hydrogens is 132 g/mol. The summed E-state index contributed by atoms with van der Waals surface area (Å²) in [6.45, 7) is 3.73. The van der Waals surface area contributed by atoms with Crippen LogP contribution in [-0.4, -0.2) is 12.1 Å². The van der Waals surface area contributed by atoms with Gasteiger partial charge in [-0.25, -0.2) is 0 Å². The van der Waals surface area contributed by atoms with Gasteiger partial charge in [0.15, 0.2) is 0 Å². The molecule has 0 aliphatic carbocycles. The van der Waals surface area contributed by atoms with Crippen LogP contribution in [-0.2, 0) is 9.53 Å². The van der Waals surface area contributed by atoms with Gasteiger partial charge in [-0.1, -0.05) is 0 Å². The van der Waals surface area contributed by atoms with Crippen LogP contribution in [0.3, 0.4) is 0 Å². The van der Waals surface area contributed by atoms with Gasteiger partial charge in [0.2, 0.25) is 0 Å². The smallest absolute Gasteiger partial charge is 0.293 e. The van der Waals surface area contributed by atoms with Crippen molar-refractivity contribution in [2.75, 3.05) is 0 Å². The van der Waals surface area contributed by atoms with Crippen molar-refractivity contribution >= 4 is 6.47 Å². The van der Waals surface area contributed by atoms with E-state index in [4.69, 9.17) is 5.26 Å². The molecule has 0 saturated heterocycles. The largest absolute Gasteiger partial charge is 0.461 e. The van der Waals surface area contributed by atoms with Crippen LogP contribution in [0.15, 0.2) is 0 Å². The molecule has 0 heterocycles. The van der Waals surface area contributed by atoms with E-state index in [2.05, 4.69) is 4.74 Å². The van der Waals surface area contributed by atoms with Crippen LogP contribution in [0, 0.1) is 11.3 Å². The molecular formula is C6H12N2O2. The Morgan fingerprint density at radius 3 is 2.50 bits per heavy atom. The molecule has 0 unspecified atom stereocenters. The van der Waals surface area contributed by atoms with Crippen molar-refractivity contribution in [3.05, 3.63) is 0 Å². The van der Waals surface area contributed by atoms with Crippen LogP contribution in [0.1, 0.15) is 20.3 Å². The number of ether oxygens (including phenoxy) is 1. The first-order valence-corrected chi connectivity index (χ1v) is 2.61. The maximum absolute atomic E-state index is 9.76. The average molecular weight is 144 g/mol. The summed E-state index contributed by atoms with van der Waals surface area (Å²) in [5, 5.41) is 8.18. The van der Waals surface area contributed by atoms with E-state index < -0.39 is 5.60 Å². The maximum atomic E-state index is 9.76. The predicted molar refractivity (Wildman–Crippen MR) is 36.5 cm³/mol. The number of hydrogen-bond donors (Lipinski definition) is 1. The first kappa shape index (κ1) is 11.7. The molecule has 0 amide bonds. The molecule has 4 nitrogen and oxygen atoms in total. The normalized spacial score (nSPS) is 8.90. The molecule has 0 atom stereocenters. The zero-order valence-electron chi connectivity index (χ0n) is 6.26. The van der Waals surface area contributed by atoms with E-state index in [1.165, 1.54) is 0 Å². The van der Waals surface area contributed by atoms with Gasteiger partial charge in [-0.3, -0.25) is 4.79 Å². The van der Waals surface area contributed by atoms with E-state index in [0.29, 0.717) is 6.47 Å². The highest BCUT2D eigenvalue weighted by Crippen LogP contribution is 2.10. The molecule has 0 aromatic heterocycles. The third-order valence-corrected chi connectivity index (χ3v) is 0.872. The lowest BCUT2D eigenvalue weighted by molar-refractivity contribution is -0.139. The monoisotopic (exact) mass is 144 g/mol. The number of carbonyl (C=O) groups excluding carboxylic acids is 1. The van der Waals surface area contributed by atoms with Crippen LogP contribution in [0.2, 0.25) is 0 Å². The summed E-state index contributed by atoms with van der Waals surface area (Å²) in [6.07, 6.45) is 0.228. The zero-order valence-corrected chi connectivity index (χ0v) is 6.26. The standard InChI is InChI=1S/C6H9NO2.H3N/c1-6(2,3-4-7)9-5-8;/h5H,3H2,1-2H3;1H3. The molecule has 10 heavy (non-hydrogen) atoms. The molecule has 0 aliphatic rings. The summed E-state index contributed by atoms with van der Waals surface area (Å²) in [6, 6.07) is 1.91. The van der Waals surface area contributed by atoms with Gasteiger partial charge in [-0.15, -0.1) is 0 Å². The highest BCUT2D eigenvalue weighted by Gasteiger charge is 2.17. The van der Waals surface area contributed by atoms with Crippen molar-refractivity contribution in [2.24, 2.45) is 0 Å². The Balaban J connectivity index is 0. The number of nitriles is 1. The van der Waals surface area contributed by atoms with Crippen LogP contribution >= 0.6 is 0 Å². The lowest BCUT2D eigenvalue weighted by Crippen LogP contribution is -2.22. The van der Waals surface area contributed by atoms with Crippen LogP contribution < -0.4 is 6.15 Å². The van der Waals surface area contributed by atoms with Crippen molar-refractivity contribution in [1.29, 1.82) is 5.26 Å². The van der Waals surface area contributed by atoms with Gasteiger partial charge in [0.05, 0.1) is 12.5 Å². The van der Waals surface area contributed by atoms with Gasteiger partial charge in [0.25, 0.3) is 6.47 Å². The lowest BCUT2D eigenvalue weighted by Gasteiger charge is -2.17. The molecule has 0 aromatic rings. The second kappa shape index (κ2) is 4.77. The minimum Gasteiger partial charge on any atom is -0.461 e. The molecule has 3 N–H and O–H groups in total. The Morgan fingerprint density at radius 2 is 2.20 bits per heavy atom. The first-order valence-electron chi connectivity index (χ1n) is 2.61. The number of nitrogens with zero attached hydrogens (tertiary/aromatic N) is 1. The Labute approximate surface area is 60.4 Å². The summed E-state index contributed by atoms with van der Waals surface area (Å²) < 4.78 is 4.57. The Morgan fingerprint density at radius 1 is 1.70 bits per heavy atom. The van der Waals surface area contributed by atoms with Crippen LogP contribution in [0.4, 0.5) is 0 Å². The van der Waals surface area contributed by atoms with Crippen LogP contribution in [0.25, 0.3) is 0 Å². The fourth-order valence-electron chi connectivity index (χ4n) is 0.362. The topological polar surface area (TPSA) is 85.1 Å². The maximum Gasteiger partial charge on any atom is 0.293 e. The molecule has 58 valence electrons. The molecule has 4 heteroatoms. The predicted octanol–water partition coefficient (Wildman–Crippen LogP) is 1.01. The highest BCUT2D eigenvalue weighted by atomic mass is 16.5. The second-order valence-corrected chi connectivity index (χ2v) is 2.31. The molecule has 0 spiro atoms. The molecule has 0 fully saturated rings. The van der Waals surface area contributed by atoms with Crippen molar-refractivity contribution in [1.82, 2.24) is 6.15 Å². The minimum absolute atomic E-state index is 0. The Hall–Kier alpha value is -1.08. The molecule has 0 rings (SSSR count). The molecule has 0 aliphatic heterocycles. The quantitative estimate of drug-likeness (QED) is 0.599. The van der Waals surface area contributed by atoms with Gasteiger partial charge in [-0.05, 0) is 13.8 Å². The molecule has 0 bridgehead atoms. The van der Waals surface area contributed by atoms with E-state index in [1.54, 1.807) is 13.8 Å². The third-order valence-electron chi connectivity index (χ3n) is 0.872. The number of hydrogen-bond acceptors (Lipinski definition) is 4.